The van der Waals surface area contributed by atoms with Crippen LogP contribution >= 0.6 is 0 Å². The largest absolute Gasteiger partial charge is 0.396 e. The summed E-state index contributed by atoms with van der Waals surface area (Å²) < 4.78 is 10.9. The number of aliphatic hydroxyl groups is 1. The Balaban J connectivity index is 2.59. The molecular formula is C15H31N3O3. The molecule has 0 aromatic carbocycles. The molecule has 1 heterocycles. The number of aliphatic hydroxyl groups excluding tert-OH is 1. The number of hydrogen-bond donors (Lipinski definition) is 3. The van der Waals surface area contributed by atoms with Gasteiger partial charge in [0.25, 0.3) is 0 Å². The quantitative estimate of drug-likeness (QED) is 0.456. The summed E-state index contributed by atoms with van der Waals surface area (Å²) in [4.78, 5) is 4.57. The molecule has 0 radical (unpaired) electrons. The Morgan fingerprint density at radius 2 is 2.19 bits per heavy atom. The predicted molar refractivity (Wildman–Crippen MR) is 84.6 cm³/mol. The zero-order valence-corrected chi connectivity index (χ0v) is 13.9. The van der Waals surface area contributed by atoms with Crippen molar-refractivity contribution in [2.24, 2.45) is 10.4 Å². The fourth-order valence-corrected chi connectivity index (χ4v) is 2.26. The molecule has 0 aliphatic carbocycles. The summed E-state index contributed by atoms with van der Waals surface area (Å²) in [5.74, 6) is 0.784. The fraction of sp³-hybridized carbons (Fsp3) is 0.933. The average molecular weight is 301 g/mol. The maximum atomic E-state index is 9.26. The van der Waals surface area contributed by atoms with Crippen LogP contribution in [0.5, 0.6) is 0 Å². The Kier molecular flexibility index (Phi) is 7.42. The lowest BCUT2D eigenvalue weighted by Crippen LogP contribution is -2.45. The van der Waals surface area contributed by atoms with Gasteiger partial charge in [-0.15, -0.1) is 0 Å². The lowest BCUT2D eigenvalue weighted by molar-refractivity contribution is 0.0310. The van der Waals surface area contributed by atoms with Gasteiger partial charge in [0.05, 0.1) is 18.8 Å². The molecule has 6 nitrogen and oxygen atoms in total. The first-order chi connectivity index (χ1) is 9.97. The van der Waals surface area contributed by atoms with E-state index in [-0.39, 0.29) is 17.6 Å². The van der Waals surface area contributed by atoms with E-state index in [1.807, 2.05) is 20.8 Å². The predicted octanol–water partition coefficient (Wildman–Crippen LogP) is 0.756. The summed E-state index contributed by atoms with van der Waals surface area (Å²) in [7, 11) is 1.70. The van der Waals surface area contributed by atoms with Crippen LogP contribution in [0.15, 0.2) is 4.99 Å². The number of nitrogens with one attached hydrogen (secondary N) is 2. The van der Waals surface area contributed by atoms with Gasteiger partial charge in [0.15, 0.2) is 5.96 Å². The van der Waals surface area contributed by atoms with Crippen molar-refractivity contribution in [3.05, 3.63) is 0 Å². The van der Waals surface area contributed by atoms with Gasteiger partial charge in [-0.2, -0.15) is 0 Å². The van der Waals surface area contributed by atoms with Gasteiger partial charge in [-0.25, -0.2) is 0 Å². The van der Waals surface area contributed by atoms with Crippen molar-refractivity contribution in [1.82, 2.24) is 10.6 Å². The van der Waals surface area contributed by atoms with Crippen molar-refractivity contribution in [3.8, 4) is 0 Å². The molecule has 0 saturated carbocycles. The van der Waals surface area contributed by atoms with Crippen molar-refractivity contribution in [1.29, 1.82) is 0 Å². The molecule has 21 heavy (non-hydrogen) atoms. The van der Waals surface area contributed by atoms with E-state index >= 15 is 0 Å². The number of aliphatic imine (C=N–C) groups is 1. The Labute approximate surface area is 128 Å². The first-order valence-electron chi connectivity index (χ1n) is 7.73. The smallest absolute Gasteiger partial charge is 0.191 e. The third kappa shape index (κ3) is 6.20. The van der Waals surface area contributed by atoms with Crippen LogP contribution in [0.1, 0.15) is 33.6 Å². The zero-order chi connectivity index (χ0) is 15.8. The number of ether oxygens (including phenoxy) is 2. The van der Waals surface area contributed by atoms with E-state index in [1.54, 1.807) is 7.11 Å². The highest BCUT2D eigenvalue weighted by Gasteiger charge is 2.34. The van der Waals surface area contributed by atoms with Crippen LogP contribution in [-0.2, 0) is 9.47 Å². The van der Waals surface area contributed by atoms with E-state index in [9.17, 15) is 5.11 Å². The minimum atomic E-state index is -0.276. The minimum absolute atomic E-state index is 0.0156. The third-order valence-corrected chi connectivity index (χ3v) is 3.97. The standard InChI is InChI=1S/C15H31N3O3/c1-5-16-13(17-10-14(2,3)20-4)18-11-15(6-8-19)7-9-21-12-15/h19H,5-12H2,1-4H3,(H2,16,17,18). The third-order valence-electron chi connectivity index (χ3n) is 3.97. The van der Waals surface area contributed by atoms with Gasteiger partial charge >= 0.3 is 0 Å². The van der Waals surface area contributed by atoms with Crippen LogP contribution < -0.4 is 10.6 Å². The molecule has 124 valence electrons. The SMILES string of the molecule is CCNC(=NCC(C)(C)OC)NCC1(CCO)CCOC1. The van der Waals surface area contributed by atoms with Crippen LogP contribution in [0.4, 0.5) is 0 Å². The summed E-state index contributed by atoms with van der Waals surface area (Å²) in [6, 6.07) is 0. The van der Waals surface area contributed by atoms with E-state index in [0.717, 1.165) is 38.5 Å². The molecule has 3 N–H and O–H groups in total. The number of nitrogens with zero attached hydrogens (tertiary/aromatic N) is 1. The normalized spacial score (nSPS) is 23.4. The fourth-order valence-electron chi connectivity index (χ4n) is 2.26. The van der Waals surface area contributed by atoms with E-state index in [4.69, 9.17) is 9.47 Å². The number of rotatable bonds is 8. The molecule has 1 aliphatic heterocycles. The summed E-state index contributed by atoms with van der Waals surface area (Å²) in [5.41, 5.74) is -0.261. The van der Waals surface area contributed by atoms with E-state index in [2.05, 4.69) is 15.6 Å². The number of methoxy groups -OCH3 is 1. The monoisotopic (exact) mass is 301 g/mol. The lowest BCUT2D eigenvalue weighted by Gasteiger charge is -2.28. The van der Waals surface area contributed by atoms with Crippen molar-refractivity contribution in [2.45, 2.75) is 39.2 Å². The first kappa shape index (κ1) is 18.2. The molecule has 0 bridgehead atoms. The number of hydrogen-bond acceptors (Lipinski definition) is 4. The second-order valence-electron chi connectivity index (χ2n) is 6.29. The Bertz CT molecular complexity index is 326. The average Bonchev–Trinajstić information content (AvgIpc) is 2.91. The maximum Gasteiger partial charge on any atom is 0.191 e. The molecule has 0 aromatic rings. The summed E-state index contributed by atoms with van der Waals surface area (Å²) in [5, 5.41) is 15.9. The molecule has 1 aliphatic rings. The highest BCUT2D eigenvalue weighted by molar-refractivity contribution is 5.79. The van der Waals surface area contributed by atoms with Gasteiger partial charge in [-0.05, 0) is 33.6 Å². The van der Waals surface area contributed by atoms with Crippen molar-refractivity contribution in [3.63, 3.8) is 0 Å². The van der Waals surface area contributed by atoms with Gasteiger partial charge in [0.2, 0.25) is 0 Å². The van der Waals surface area contributed by atoms with Crippen molar-refractivity contribution in [2.75, 3.05) is 46.6 Å². The second kappa shape index (κ2) is 8.56. The molecule has 0 amide bonds. The molecule has 0 spiro atoms. The highest BCUT2D eigenvalue weighted by Crippen LogP contribution is 2.31. The van der Waals surface area contributed by atoms with Gasteiger partial charge in [0, 0.05) is 38.8 Å². The molecule has 1 rings (SSSR count). The molecule has 1 fully saturated rings. The van der Waals surface area contributed by atoms with Crippen LogP contribution in [0.2, 0.25) is 0 Å². The van der Waals surface area contributed by atoms with Gasteiger partial charge < -0.3 is 25.2 Å². The highest BCUT2D eigenvalue weighted by atomic mass is 16.5. The lowest BCUT2D eigenvalue weighted by atomic mass is 9.84. The molecular weight excluding hydrogens is 270 g/mol. The molecule has 1 unspecified atom stereocenters. The topological polar surface area (TPSA) is 75.1 Å². The van der Waals surface area contributed by atoms with E-state index < -0.39 is 0 Å². The van der Waals surface area contributed by atoms with Crippen LogP contribution in [-0.4, -0.2) is 63.2 Å². The van der Waals surface area contributed by atoms with Crippen molar-refractivity contribution >= 4 is 5.96 Å². The van der Waals surface area contributed by atoms with Crippen LogP contribution in [0.25, 0.3) is 0 Å². The summed E-state index contributed by atoms with van der Waals surface area (Å²) in [6.07, 6.45) is 1.73. The molecule has 0 aromatic heterocycles. The van der Waals surface area contributed by atoms with Gasteiger partial charge in [-0.1, -0.05) is 0 Å². The Morgan fingerprint density at radius 3 is 2.71 bits per heavy atom. The Morgan fingerprint density at radius 1 is 1.43 bits per heavy atom. The molecule has 6 heteroatoms. The van der Waals surface area contributed by atoms with E-state index in [0.29, 0.717) is 13.2 Å². The zero-order valence-electron chi connectivity index (χ0n) is 13.9. The van der Waals surface area contributed by atoms with Gasteiger partial charge in [0.1, 0.15) is 0 Å². The van der Waals surface area contributed by atoms with Gasteiger partial charge in [-0.3, -0.25) is 4.99 Å². The molecule has 1 atom stereocenters. The molecule has 1 saturated heterocycles. The second-order valence-corrected chi connectivity index (χ2v) is 6.29. The van der Waals surface area contributed by atoms with E-state index in [1.165, 1.54) is 0 Å². The van der Waals surface area contributed by atoms with Crippen LogP contribution in [0, 0.1) is 5.41 Å². The maximum absolute atomic E-state index is 9.26. The van der Waals surface area contributed by atoms with Crippen LogP contribution in [0.3, 0.4) is 0 Å². The minimum Gasteiger partial charge on any atom is -0.396 e. The first-order valence-corrected chi connectivity index (χ1v) is 7.73. The Hall–Kier alpha value is -0.850. The van der Waals surface area contributed by atoms with Crippen molar-refractivity contribution < 1.29 is 14.6 Å². The number of guanidine groups is 1. The summed E-state index contributed by atoms with van der Waals surface area (Å²) in [6.45, 7) is 9.87. The summed E-state index contributed by atoms with van der Waals surface area (Å²) >= 11 is 0.